The number of benzene rings is 3. The molecule has 0 amide bonds. The van der Waals surface area contributed by atoms with Crippen molar-refractivity contribution < 1.29 is 28.4 Å². The van der Waals surface area contributed by atoms with Crippen LogP contribution in [0.15, 0.2) is 59.7 Å². The highest BCUT2D eigenvalue weighted by molar-refractivity contribution is 6.02. The number of rotatable bonds is 7. The van der Waals surface area contributed by atoms with Crippen LogP contribution in [0.2, 0.25) is 0 Å². The predicted octanol–water partition coefficient (Wildman–Crippen LogP) is 4.97. The molecule has 3 aromatic rings. The zero-order valence-corrected chi connectivity index (χ0v) is 20.4. The Hall–Kier alpha value is -4.07. The van der Waals surface area contributed by atoms with Gasteiger partial charge in [-0.3, -0.25) is 0 Å². The van der Waals surface area contributed by atoms with E-state index in [4.69, 9.17) is 33.5 Å². The maximum atomic E-state index is 6.52. The van der Waals surface area contributed by atoms with Crippen LogP contribution in [0.4, 0.5) is 0 Å². The Labute approximate surface area is 204 Å². The SMILES string of the molecule is COc1ccc(C2=NN3C(C2)c2cc(OC)ccc2OC3c2cc(OC)c(OC)c(OC)c2)cc1. The van der Waals surface area contributed by atoms with Gasteiger partial charge in [-0.15, -0.1) is 0 Å². The van der Waals surface area contributed by atoms with Crippen molar-refractivity contribution in [3.8, 4) is 34.5 Å². The third-order valence-corrected chi connectivity index (χ3v) is 6.39. The first-order chi connectivity index (χ1) is 17.1. The summed E-state index contributed by atoms with van der Waals surface area (Å²) < 4.78 is 34.0. The number of hydrazone groups is 1. The van der Waals surface area contributed by atoms with Crippen molar-refractivity contribution in [3.63, 3.8) is 0 Å². The number of hydrogen-bond donors (Lipinski definition) is 0. The molecule has 0 fully saturated rings. The lowest BCUT2D eigenvalue weighted by molar-refractivity contribution is -0.0194. The van der Waals surface area contributed by atoms with E-state index >= 15 is 0 Å². The normalized spacial score (nSPS) is 18.1. The molecule has 182 valence electrons. The average Bonchev–Trinajstić information content (AvgIpc) is 3.37. The van der Waals surface area contributed by atoms with Gasteiger partial charge in [-0.1, -0.05) is 0 Å². The standard InChI is InChI=1S/C27H28N2O6/c1-30-18-8-6-16(7-9-18)21-15-22-20-14-19(31-2)10-11-23(20)35-27(29(22)28-21)17-12-24(32-3)26(34-5)25(13-17)33-4/h6-14,22,27H,15H2,1-5H3. The fourth-order valence-corrected chi connectivity index (χ4v) is 4.61. The third kappa shape index (κ3) is 3.95. The van der Waals surface area contributed by atoms with Crippen LogP contribution in [0.25, 0.3) is 0 Å². The third-order valence-electron chi connectivity index (χ3n) is 6.39. The number of fused-ring (bicyclic) bond motifs is 3. The van der Waals surface area contributed by atoms with E-state index in [0.717, 1.165) is 46.1 Å². The molecule has 8 nitrogen and oxygen atoms in total. The van der Waals surface area contributed by atoms with E-state index in [1.54, 1.807) is 35.5 Å². The van der Waals surface area contributed by atoms with Gasteiger partial charge in [0.05, 0.1) is 47.3 Å². The van der Waals surface area contributed by atoms with Gasteiger partial charge < -0.3 is 28.4 Å². The molecule has 0 N–H and O–H groups in total. The number of hydrogen-bond acceptors (Lipinski definition) is 8. The van der Waals surface area contributed by atoms with Crippen LogP contribution in [-0.4, -0.2) is 46.3 Å². The van der Waals surface area contributed by atoms with E-state index in [-0.39, 0.29) is 6.04 Å². The summed E-state index contributed by atoms with van der Waals surface area (Å²) in [5.41, 5.74) is 3.87. The zero-order valence-electron chi connectivity index (χ0n) is 20.4. The molecule has 0 bridgehead atoms. The van der Waals surface area contributed by atoms with Crippen LogP contribution in [-0.2, 0) is 0 Å². The Morgan fingerprint density at radius 2 is 1.43 bits per heavy atom. The summed E-state index contributed by atoms with van der Waals surface area (Å²) in [5.74, 6) is 4.01. The van der Waals surface area contributed by atoms with E-state index < -0.39 is 6.23 Å². The smallest absolute Gasteiger partial charge is 0.214 e. The Morgan fingerprint density at radius 3 is 2.03 bits per heavy atom. The highest BCUT2D eigenvalue weighted by Gasteiger charge is 2.42. The minimum absolute atomic E-state index is 0.0324. The first-order valence-electron chi connectivity index (χ1n) is 11.2. The molecule has 2 aliphatic rings. The monoisotopic (exact) mass is 476 g/mol. The second kappa shape index (κ2) is 9.29. The molecule has 8 heteroatoms. The largest absolute Gasteiger partial charge is 0.497 e. The van der Waals surface area contributed by atoms with Gasteiger partial charge in [-0.05, 0) is 60.2 Å². The summed E-state index contributed by atoms with van der Waals surface area (Å²) in [6.07, 6.45) is 0.224. The van der Waals surface area contributed by atoms with Crippen molar-refractivity contribution in [1.29, 1.82) is 0 Å². The van der Waals surface area contributed by atoms with Crippen molar-refractivity contribution in [2.45, 2.75) is 18.7 Å². The predicted molar refractivity (Wildman–Crippen MR) is 131 cm³/mol. The quantitative estimate of drug-likeness (QED) is 0.477. The van der Waals surface area contributed by atoms with Crippen LogP contribution in [0.3, 0.4) is 0 Å². The first-order valence-corrected chi connectivity index (χ1v) is 11.2. The summed E-state index contributed by atoms with van der Waals surface area (Å²) in [4.78, 5) is 0. The minimum Gasteiger partial charge on any atom is -0.497 e. The molecule has 0 aliphatic carbocycles. The van der Waals surface area contributed by atoms with Gasteiger partial charge in [-0.25, -0.2) is 5.01 Å². The van der Waals surface area contributed by atoms with Gasteiger partial charge in [0.1, 0.15) is 17.2 Å². The van der Waals surface area contributed by atoms with Crippen LogP contribution in [0.1, 0.15) is 35.4 Å². The van der Waals surface area contributed by atoms with Crippen molar-refractivity contribution in [1.82, 2.24) is 5.01 Å². The molecule has 5 rings (SSSR count). The maximum absolute atomic E-state index is 6.52. The molecule has 2 unspecified atom stereocenters. The Balaban J connectivity index is 1.61. The van der Waals surface area contributed by atoms with Crippen molar-refractivity contribution in [2.75, 3.05) is 35.5 Å². The van der Waals surface area contributed by atoms with E-state index in [1.165, 1.54) is 0 Å². The average molecular weight is 477 g/mol. The van der Waals surface area contributed by atoms with E-state index in [1.807, 2.05) is 59.6 Å². The van der Waals surface area contributed by atoms with Crippen LogP contribution >= 0.6 is 0 Å². The second-order valence-corrected chi connectivity index (χ2v) is 8.21. The summed E-state index contributed by atoms with van der Waals surface area (Å²) in [7, 11) is 8.11. The number of nitrogens with zero attached hydrogens (tertiary/aromatic N) is 2. The van der Waals surface area contributed by atoms with E-state index in [2.05, 4.69) is 0 Å². The van der Waals surface area contributed by atoms with Crippen molar-refractivity contribution in [3.05, 3.63) is 71.3 Å². The molecular formula is C27H28N2O6. The lowest BCUT2D eigenvalue weighted by Gasteiger charge is -2.38. The lowest BCUT2D eigenvalue weighted by Crippen LogP contribution is -2.33. The Bertz CT molecular complexity index is 1230. The molecule has 2 aliphatic heterocycles. The molecule has 0 saturated heterocycles. The van der Waals surface area contributed by atoms with Crippen LogP contribution in [0.5, 0.6) is 34.5 Å². The lowest BCUT2D eigenvalue weighted by atomic mass is 9.95. The molecule has 3 aromatic carbocycles. The topological polar surface area (TPSA) is 71.0 Å². The summed E-state index contributed by atoms with van der Waals surface area (Å²) in [6.45, 7) is 0. The van der Waals surface area contributed by atoms with Crippen molar-refractivity contribution >= 4 is 5.71 Å². The van der Waals surface area contributed by atoms with Crippen LogP contribution < -0.4 is 28.4 Å². The van der Waals surface area contributed by atoms with Gasteiger partial charge in [0.15, 0.2) is 11.5 Å². The Morgan fingerprint density at radius 1 is 0.771 bits per heavy atom. The summed E-state index contributed by atoms with van der Waals surface area (Å²) >= 11 is 0. The molecule has 0 saturated carbocycles. The first kappa shape index (κ1) is 22.7. The van der Waals surface area contributed by atoms with Gasteiger partial charge >= 0.3 is 0 Å². The fraction of sp³-hybridized carbons (Fsp3) is 0.296. The molecular weight excluding hydrogens is 448 g/mol. The number of methoxy groups -OCH3 is 5. The van der Waals surface area contributed by atoms with Gasteiger partial charge in [0, 0.05) is 17.5 Å². The van der Waals surface area contributed by atoms with E-state index in [9.17, 15) is 0 Å². The number of ether oxygens (including phenoxy) is 6. The fourth-order valence-electron chi connectivity index (χ4n) is 4.61. The van der Waals surface area contributed by atoms with E-state index in [0.29, 0.717) is 17.2 Å². The van der Waals surface area contributed by atoms with Gasteiger partial charge in [0.25, 0.3) is 0 Å². The molecule has 0 radical (unpaired) electrons. The Kier molecular flexibility index (Phi) is 6.03. The van der Waals surface area contributed by atoms with Crippen LogP contribution in [0, 0.1) is 0 Å². The van der Waals surface area contributed by atoms with Gasteiger partial charge in [0.2, 0.25) is 12.0 Å². The second-order valence-electron chi connectivity index (χ2n) is 8.21. The molecule has 2 heterocycles. The highest BCUT2D eigenvalue weighted by atomic mass is 16.5. The summed E-state index contributed by atoms with van der Waals surface area (Å²) in [6, 6.07) is 17.6. The van der Waals surface area contributed by atoms with Gasteiger partial charge in [-0.2, -0.15) is 5.10 Å². The summed E-state index contributed by atoms with van der Waals surface area (Å²) in [5, 5.41) is 7.03. The highest BCUT2D eigenvalue weighted by Crippen LogP contribution is 2.50. The zero-order chi connectivity index (χ0) is 24.5. The molecule has 0 spiro atoms. The molecule has 35 heavy (non-hydrogen) atoms. The maximum Gasteiger partial charge on any atom is 0.214 e. The minimum atomic E-state index is -0.495. The van der Waals surface area contributed by atoms with Crippen molar-refractivity contribution in [2.24, 2.45) is 5.10 Å². The molecule has 0 aromatic heterocycles. The molecule has 2 atom stereocenters.